The highest BCUT2D eigenvalue weighted by atomic mass is 35.5. The van der Waals surface area contributed by atoms with E-state index in [1.54, 1.807) is 0 Å². The molecule has 0 saturated heterocycles. The first-order valence-electron chi connectivity index (χ1n) is 2.32. The van der Waals surface area contributed by atoms with Crippen molar-refractivity contribution in [2.75, 3.05) is 0 Å². The predicted octanol–water partition coefficient (Wildman–Crippen LogP) is 2.62. The van der Waals surface area contributed by atoms with Crippen molar-refractivity contribution >= 4 is 11.6 Å². The van der Waals surface area contributed by atoms with Crippen molar-refractivity contribution in [1.29, 1.82) is 0 Å². The minimum atomic E-state index is -0.803. The van der Waals surface area contributed by atoms with Crippen LogP contribution in [0.15, 0.2) is 18.2 Å². The molecule has 0 fully saturated rings. The van der Waals surface area contributed by atoms with E-state index >= 15 is 0 Å². The van der Waals surface area contributed by atoms with Gasteiger partial charge in [-0.15, -0.1) is 0 Å². The molecule has 0 bridgehead atoms. The van der Waals surface area contributed by atoms with Crippen molar-refractivity contribution in [3.63, 3.8) is 0 Å². The van der Waals surface area contributed by atoms with E-state index in [0.717, 1.165) is 12.1 Å². The fraction of sp³-hybridized carbons (Fsp3) is 0. The summed E-state index contributed by atoms with van der Waals surface area (Å²) in [6, 6.07) is 3.44. The Morgan fingerprint density at radius 1 is 1.44 bits per heavy atom. The molecule has 0 aliphatic heterocycles. The number of rotatable bonds is 0. The molecule has 1 nitrogen and oxygen atoms in total. The minimum Gasteiger partial charge on any atom is -0.287 e. The molecule has 1 aromatic rings. The van der Waals surface area contributed by atoms with E-state index in [2.05, 4.69) is 0 Å². The Bertz CT molecular complexity index is 224. The Hall–Kier alpha value is -0.760. The summed E-state index contributed by atoms with van der Waals surface area (Å²) in [5.41, 5.74) is 0. The molecule has 0 aromatic heterocycles. The zero-order valence-corrected chi connectivity index (χ0v) is 5.15. The Morgan fingerprint density at radius 2 is 2.11 bits per heavy atom. The first-order chi connectivity index (χ1) is 4.20. The van der Waals surface area contributed by atoms with E-state index in [1.165, 1.54) is 6.07 Å². The van der Waals surface area contributed by atoms with Gasteiger partial charge in [0.15, 0.2) is 5.82 Å². The monoisotopic (exact) mass is 145 g/mol. The van der Waals surface area contributed by atoms with Crippen LogP contribution in [-0.4, -0.2) is 0 Å². The largest absolute Gasteiger partial charge is 0.287 e. The molecule has 0 unspecified atom stereocenters. The van der Waals surface area contributed by atoms with E-state index in [-0.39, 0.29) is 5.02 Å². The van der Waals surface area contributed by atoms with Crippen molar-refractivity contribution in [2.45, 2.75) is 0 Å². The molecule has 1 radical (unpaired) electrons. The average molecular weight is 146 g/mol. The number of benzene rings is 1. The van der Waals surface area contributed by atoms with Gasteiger partial charge < -0.3 is 0 Å². The molecule has 3 heteroatoms. The molecule has 1 rings (SSSR count). The molecule has 1 aromatic carbocycles. The molecule has 0 spiro atoms. The van der Waals surface area contributed by atoms with Gasteiger partial charge in [-0.3, -0.25) is 5.11 Å². The first-order valence-corrected chi connectivity index (χ1v) is 2.70. The molecule has 0 N–H and O–H groups in total. The number of halogens is 2. The van der Waals surface area contributed by atoms with Gasteiger partial charge >= 0.3 is 0 Å². The molecule has 0 heterocycles. The van der Waals surface area contributed by atoms with Crippen LogP contribution in [0.5, 0.6) is 5.75 Å². The third kappa shape index (κ3) is 1.33. The molecule has 9 heavy (non-hydrogen) atoms. The van der Waals surface area contributed by atoms with Crippen molar-refractivity contribution in [1.82, 2.24) is 0 Å². The van der Waals surface area contributed by atoms with Crippen LogP contribution >= 0.6 is 11.6 Å². The van der Waals surface area contributed by atoms with Crippen LogP contribution < -0.4 is 0 Å². The van der Waals surface area contributed by atoms with E-state index in [0.29, 0.717) is 0 Å². The van der Waals surface area contributed by atoms with Crippen LogP contribution in [-0.2, 0) is 5.11 Å². The van der Waals surface area contributed by atoms with Crippen molar-refractivity contribution in [3.05, 3.63) is 29.0 Å². The summed E-state index contributed by atoms with van der Waals surface area (Å²) in [5.74, 6) is -1.43. The maximum Gasteiger partial charge on any atom is 0.214 e. The number of hydrogen-bond acceptors (Lipinski definition) is 0. The van der Waals surface area contributed by atoms with Gasteiger partial charge in [-0.1, -0.05) is 11.6 Å². The molecule has 0 saturated carbocycles. The van der Waals surface area contributed by atoms with E-state index in [4.69, 9.17) is 11.6 Å². The zero-order valence-electron chi connectivity index (χ0n) is 4.40. The second kappa shape index (κ2) is 2.23. The molecular formula is C6H3ClFO. The third-order valence-electron chi connectivity index (χ3n) is 0.894. The maximum absolute atomic E-state index is 12.2. The van der Waals surface area contributed by atoms with Crippen LogP contribution in [0.2, 0.25) is 5.02 Å². The smallest absolute Gasteiger partial charge is 0.214 e. The van der Waals surface area contributed by atoms with Crippen molar-refractivity contribution in [3.8, 4) is 5.75 Å². The standard InChI is InChI=1S/C6H3ClFO/c7-4-1-2-6(9)5(8)3-4/h1-3H. The Kier molecular flexibility index (Phi) is 1.58. The molecule has 0 aliphatic carbocycles. The lowest BCUT2D eigenvalue weighted by molar-refractivity contribution is 0.330. The van der Waals surface area contributed by atoms with Gasteiger partial charge in [-0.2, -0.15) is 0 Å². The van der Waals surface area contributed by atoms with Gasteiger partial charge in [-0.05, 0) is 18.2 Å². The number of hydrogen-bond donors (Lipinski definition) is 0. The van der Waals surface area contributed by atoms with Gasteiger partial charge in [0.25, 0.3) is 0 Å². The Morgan fingerprint density at radius 3 is 2.56 bits per heavy atom. The van der Waals surface area contributed by atoms with Gasteiger partial charge in [0.05, 0.1) is 0 Å². The first kappa shape index (κ1) is 6.36. The van der Waals surface area contributed by atoms with Gasteiger partial charge in [0.1, 0.15) is 0 Å². The third-order valence-corrected chi connectivity index (χ3v) is 1.13. The summed E-state index contributed by atoms with van der Waals surface area (Å²) in [4.78, 5) is 0. The summed E-state index contributed by atoms with van der Waals surface area (Å²) in [7, 11) is 0. The quantitative estimate of drug-likeness (QED) is 0.535. The average Bonchev–Trinajstić information content (AvgIpc) is 1.80. The second-order valence-electron chi connectivity index (χ2n) is 1.57. The minimum absolute atomic E-state index is 0.243. The fourth-order valence-corrected chi connectivity index (χ4v) is 0.634. The second-order valence-corrected chi connectivity index (χ2v) is 2.01. The van der Waals surface area contributed by atoms with Crippen molar-refractivity contribution < 1.29 is 9.50 Å². The summed E-state index contributed by atoms with van der Waals surface area (Å²) in [6.07, 6.45) is 0. The Balaban J connectivity index is 3.17. The van der Waals surface area contributed by atoms with Gasteiger partial charge in [0, 0.05) is 5.02 Å². The van der Waals surface area contributed by atoms with Crippen LogP contribution in [0.4, 0.5) is 4.39 Å². The highest BCUT2D eigenvalue weighted by molar-refractivity contribution is 6.30. The molecule has 0 atom stereocenters. The van der Waals surface area contributed by atoms with Crippen LogP contribution in [0.1, 0.15) is 0 Å². The van der Waals surface area contributed by atoms with Crippen LogP contribution in [0.3, 0.4) is 0 Å². The van der Waals surface area contributed by atoms with Crippen LogP contribution in [0, 0.1) is 5.82 Å². The normalized spacial score (nSPS) is 9.56. The lowest BCUT2D eigenvalue weighted by Gasteiger charge is -1.89. The molecule has 0 amide bonds. The zero-order chi connectivity index (χ0) is 6.85. The lowest BCUT2D eigenvalue weighted by Crippen LogP contribution is -1.71. The SMILES string of the molecule is [O]c1ccc(Cl)cc1F. The van der Waals surface area contributed by atoms with Gasteiger partial charge in [-0.25, -0.2) is 4.39 Å². The van der Waals surface area contributed by atoms with Crippen LogP contribution in [0.25, 0.3) is 0 Å². The Labute approximate surface area is 56.7 Å². The van der Waals surface area contributed by atoms with Gasteiger partial charge in [0.2, 0.25) is 5.75 Å². The molecular weight excluding hydrogens is 143 g/mol. The lowest BCUT2D eigenvalue weighted by atomic mass is 10.3. The fourth-order valence-electron chi connectivity index (χ4n) is 0.475. The predicted molar refractivity (Wildman–Crippen MR) is 31.5 cm³/mol. The van der Waals surface area contributed by atoms with Crippen molar-refractivity contribution in [2.24, 2.45) is 0 Å². The van der Waals surface area contributed by atoms with E-state index in [9.17, 15) is 9.50 Å². The summed E-state index contributed by atoms with van der Waals surface area (Å²) < 4.78 is 12.2. The highest BCUT2D eigenvalue weighted by Crippen LogP contribution is 2.19. The highest BCUT2D eigenvalue weighted by Gasteiger charge is 1.99. The van der Waals surface area contributed by atoms with E-state index < -0.39 is 11.6 Å². The molecule has 0 aliphatic rings. The summed E-state index contributed by atoms with van der Waals surface area (Å²) in [6.45, 7) is 0. The molecule has 47 valence electrons. The summed E-state index contributed by atoms with van der Waals surface area (Å²) in [5, 5.41) is 10.6. The topological polar surface area (TPSA) is 19.9 Å². The maximum atomic E-state index is 12.2. The van der Waals surface area contributed by atoms with E-state index in [1.807, 2.05) is 0 Å². The summed E-state index contributed by atoms with van der Waals surface area (Å²) >= 11 is 5.34.